The molecule has 0 saturated carbocycles. The zero-order chi connectivity index (χ0) is 30.8. The van der Waals surface area contributed by atoms with Crippen molar-refractivity contribution in [2.45, 2.75) is 43.4 Å². The van der Waals surface area contributed by atoms with Crippen LogP contribution < -0.4 is 43.8 Å². The summed E-state index contributed by atoms with van der Waals surface area (Å²) in [5.74, 6) is -8.17. The van der Waals surface area contributed by atoms with Crippen molar-refractivity contribution in [3.63, 3.8) is 0 Å². The minimum Gasteiger partial charge on any atom is -0.481 e. The van der Waals surface area contributed by atoms with E-state index in [9.17, 15) is 38.7 Å². The summed E-state index contributed by atoms with van der Waals surface area (Å²) in [7, 11) is 0. The van der Waals surface area contributed by atoms with Crippen LogP contribution in [0.5, 0.6) is 0 Å². The number of carboxylic acid groups (broad SMARTS) is 2. The molecular formula is C20H35N9O10S. The third-order valence-corrected chi connectivity index (χ3v) is 5.21. The fraction of sp³-hybridized carbons (Fsp3) is 0.600. The number of guanidine groups is 1. The molecule has 0 aromatic carbocycles. The van der Waals surface area contributed by atoms with Crippen molar-refractivity contribution >= 4 is 60.1 Å². The Labute approximate surface area is 233 Å². The number of aliphatic hydroxyl groups is 1. The number of carbonyl (C=O) groups is 7. The van der Waals surface area contributed by atoms with Crippen molar-refractivity contribution in [2.24, 2.45) is 22.2 Å². The summed E-state index contributed by atoms with van der Waals surface area (Å²) in [5.41, 5.74) is 15.7. The lowest BCUT2D eigenvalue weighted by Gasteiger charge is -2.22. The van der Waals surface area contributed by atoms with Crippen molar-refractivity contribution in [3.8, 4) is 0 Å². The van der Waals surface area contributed by atoms with Crippen molar-refractivity contribution in [1.29, 1.82) is 0 Å². The molecule has 226 valence electrons. The Kier molecular flexibility index (Phi) is 17.0. The molecule has 0 fully saturated rings. The van der Waals surface area contributed by atoms with E-state index in [0.717, 1.165) is 0 Å². The summed E-state index contributed by atoms with van der Waals surface area (Å²) < 4.78 is 0. The third-order valence-electron chi connectivity index (χ3n) is 4.85. The minimum absolute atomic E-state index is 0.0700. The van der Waals surface area contributed by atoms with Gasteiger partial charge in [-0.15, -0.1) is 0 Å². The largest absolute Gasteiger partial charge is 0.481 e. The van der Waals surface area contributed by atoms with Gasteiger partial charge in [0.2, 0.25) is 29.5 Å². The van der Waals surface area contributed by atoms with Crippen molar-refractivity contribution < 1.29 is 48.9 Å². The molecule has 0 rings (SSSR count). The maximum atomic E-state index is 12.6. The highest BCUT2D eigenvalue weighted by molar-refractivity contribution is 7.80. The number of nitrogens with zero attached hydrogens (tertiary/aromatic N) is 1. The van der Waals surface area contributed by atoms with Crippen LogP contribution in [0.15, 0.2) is 4.99 Å². The molecular weight excluding hydrogens is 558 g/mol. The monoisotopic (exact) mass is 593 g/mol. The third kappa shape index (κ3) is 14.7. The van der Waals surface area contributed by atoms with E-state index in [1.807, 2.05) is 10.6 Å². The summed E-state index contributed by atoms with van der Waals surface area (Å²) in [6.07, 6.45) is -0.602. The van der Waals surface area contributed by atoms with E-state index in [2.05, 4.69) is 33.6 Å². The Morgan fingerprint density at radius 3 is 1.88 bits per heavy atom. The van der Waals surface area contributed by atoms with Gasteiger partial charge >= 0.3 is 11.9 Å². The maximum Gasteiger partial charge on any atom is 0.327 e. The van der Waals surface area contributed by atoms with Crippen molar-refractivity contribution in [1.82, 2.24) is 26.6 Å². The molecule has 0 radical (unpaired) electrons. The lowest BCUT2D eigenvalue weighted by Crippen LogP contribution is -2.58. The zero-order valence-corrected chi connectivity index (χ0v) is 22.2. The van der Waals surface area contributed by atoms with Gasteiger partial charge in [-0.1, -0.05) is 0 Å². The lowest BCUT2D eigenvalue weighted by molar-refractivity contribution is -0.143. The van der Waals surface area contributed by atoms with Gasteiger partial charge in [-0.3, -0.25) is 33.8 Å². The molecule has 4 unspecified atom stereocenters. The molecule has 0 aliphatic rings. The zero-order valence-electron chi connectivity index (χ0n) is 21.3. The predicted molar refractivity (Wildman–Crippen MR) is 141 cm³/mol. The van der Waals surface area contributed by atoms with E-state index in [1.54, 1.807) is 0 Å². The average Bonchev–Trinajstić information content (AvgIpc) is 2.88. The molecule has 19 nitrogen and oxygen atoms in total. The summed E-state index contributed by atoms with van der Waals surface area (Å²) in [5, 5.41) is 38.3. The van der Waals surface area contributed by atoms with E-state index in [-0.39, 0.29) is 31.1 Å². The van der Waals surface area contributed by atoms with E-state index < -0.39 is 91.8 Å². The number of nitrogens with two attached hydrogens (primary N) is 3. The molecule has 0 aromatic rings. The molecule has 40 heavy (non-hydrogen) atoms. The number of carbonyl (C=O) groups excluding carboxylic acids is 5. The van der Waals surface area contributed by atoms with Gasteiger partial charge < -0.3 is 59.1 Å². The number of thiol groups is 1. The number of aliphatic hydroxyl groups excluding tert-OH is 1. The first kappa shape index (κ1) is 35.8. The Balaban J connectivity index is 5.26. The van der Waals surface area contributed by atoms with Gasteiger partial charge in [0, 0.05) is 12.3 Å². The molecule has 0 aliphatic heterocycles. The molecule has 0 bridgehead atoms. The van der Waals surface area contributed by atoms with E-state index >= 15 is 0 Å². The first-order chi connectivity index (χ1) is 18.7. The normalized spacial score (nSPS) is 13.4. The molecule has 4 atom stereocenters. The van der Waals surface area contributed by atoms with Crippen molar-refractivity contribution in [3.05, 3.63) is 0 Å². The van der Waals surface area contributed by atoms with Gasteiger partial charge in [-0.05, 0) is 12.8 Å². The predicted octanol–water partition coefficient (Wildman–Crippen LogP) is -6.46. The number of amides is 5. The van der Waals surface area contributed by atoms with Crippen LogP contribution in [0.4, 0.5) is 0 Å². The molecule has 0 heterocycles. The first-order valence-corrected chi connectivity index (χ1v) is 12.3. The number of aliphatic imine (C=N–C) groups is 1. The maximum absolute atomic E-state index is 12.6. The number of aliphatic carboxylic acids is 2. The van der Waals surface area contributed by atoms with Crippen LogP contribution in [0.2, 0.25) is 0 Å². The fourth-order valence-electron chi connectivity index (χ4n) is 2.87. The second-order valence-electron chi connectivity index (χ2n) is 8.03. The second-order valence-corrected chi connectivity index (χ2v) is 8.40. The Bertz CT molecular complexity index is 961. The quantitative estimate of drug-likeness (QED) is 0.0287. The lowest BCUT2D eigenvalue weighted by atomic mass is 10.1. The van der Waals surface area contributed by atoms with Gasteiger partial charge in [0.05, 0.1) is 26.1 Å². The molecule has 0 aliphatic carbocycles. The van der Waals surface area contributed by atoms with Crippen LogP contribution in [-0.4, -0.2) is 119 Å². The highest BCUT2D eigenvalue weighted by Crippen LogP contribution is 2.00. The second kappa shape index (κ2) is 19.0. The molecule has 0 spiro atoms. The average molecular weight is 594 g/mol. The summed E-state index contributed by atoms with van der Waals surface area (Å²) in [4.78, 5) is 87.4. The topological polar surface area (TPSA) is 331 Å². The van der Waals surface area contributed by atoms with Crippen LogP contribution in [0.25, 0.3) is 0 Å². The first-order valence-electron chi connectivity index (χ1n) is 11.6. The van der Waals surface area contributed by atoms with E-state index in [0.29, 0.717) is 0 Å². The van der Waals surface area contributed by atoms with E-state index in [1.165, 1.54) is 0 Å². The van der Waals surface area contributed by atoms with Gasteiger partial charge in [0.15, 0.2) is 5.96 Å². The Morgan fingerprint density at radius 2 is 1.38 bits per heavy atom. The summed E-state index contributed by atoms with van der Waals surface area (Å²) >= 11 is 3.77. The van der Waals surface area contributed by atoms with Gasteiger partial charge in [0.1, 0.15) is 24.2 Å². The number of hydrogen-bond acceptors (Lipinski definition) is 11. The molecule has 20 heteroatoms. The number of nitrogens with one attached hydrogen (secondary N) is 5. The number of carboxylic acids is 2. The standard InChI is InChI=1S/C20H35N9O10S/c21-5-13(31)26-9(2-1-3-24-20(22)23)16(35)25-6-14(32)27-10(4-15(33)34)17(36)28-11(7-30)18(37)29-12(8-40)19(38)39/h9-12,30,40H,1-8,21H2,(H,25,35)(H,26,31)(H,27,32)(H,28,36)(H,29,37)(H,33,34)(H,38,39)(H4,22,23,24). The molecule has 0 saturated heterocycles. The Morgan fingerprint density at radius 1 is 0.800 bits per heavy atom. The van der Waals surface area contributed by atoms with Crippen LogP contribution >= 0.6 is 12.6 Å². The Hall–Kier alpha value is -4.17. The van der Waals surface area contributed by atoms with Crippen molar-refractivity contribution in [2.75, 3.05) is 32.0 Å². The molecule has 5 amide bonds. The smallest absolute Gasteiger partial charge is 0.327 e. The minimum atomic E-state index is -1.75. The molecule has 14 N–H and O–H groups in total. The van der Waals surface area contributed by atoms with Crippen LogP contribution in [0.1, 0.15) is 19.3 Å². The highest BCUT2D eigenvalue weighted by Gasteiger charge is 2.30. The molecule has 0 aromatic heterocycles. The van der Waals surface area contributed by atoms with Gasteiger partial charge in [0.25, 0.3) is 0 Å². The van der Waals surface area contributed by atoms with Crippen LogP contribution in [0, 0.1) is 0 Å². The van der Waals surface area contributed by atoms with Crippen LogP contribution in [0.3, 0.4) is 0 Å². The fourth-order valence-corrected chi connectivity index (χ4v) is 3.12. The van der Waals surface area contributed by atoms with E-state index in [4.69, 9.17) is 27.4 Å². The SMILES string of the molecule is NCC(=O)NC(CCCN=C(N)N)C(=O)NCC(=O)NC(CC(=O)O)C(=O)NC(CO)C(=O)NC(CS)C(=O)O. The summed E-state index contributed by atoms with van der Waals surface area (Å²) in [6, 6.07) is -6.00. The van der Waals surface area contributed by atoms with Crippen LogP contribution in [-0.2, 0) is 33.6 Å². The van der Waals surface area contributed by atoms with Gasteiger partial charge in [-0.2, -0.15) is 12.6 Å². The number of rotatable bonds is 19. The highest BCUT2D eigenvalue weighted by atomic mass is 32.1. The van der Waals surface area contributed by atoms with Gasteiger partial charge in [-0.25, -0.2) is 4.79 Å². The summed E-state index contributed by atoms with van der Waals surface area (Å²) in [6.45, 7) is -1.99. The number of hydrogen-bond donors (Lipinski definition) is 12.